The second-order valence-electron chi connectivity index (χ2n) is 7.73. The summed E-state index contributed by atoms with van der Waals surface area (Å²) >= 11 is 0. The van der Waals surface area contributed by atoms with E-state index in [1.807, 2.05) is 18.2 Å². The number of benzene rings is 1. The normalized spacial score (nSPS) is 17.6. The van der Waals surface area contributed by atoms with E-state index in [-0.39, 0.29) is 17.6 Å². The lowest BCUT2D eigenvalue weighted by molar-refractivity contribution is -0.120. The lowest BCUT2D eigenvalue weighted by Crippen LogP contribution is -2.45. The molecule has 3 rings (SSSR count). The highest BCUT2D eigenvalue weighted by Crippen LogP contribution is 2.41. The van der Waals surface area contributed by atoms with Gasteiger partial charge in [0.2, 0.25) is 5.91 Å². The predicted octanol–water partition coefficient (Wildman–Crippen LogP) is 3.08. The number of likely N-dealkylation sites (tertiary alicyclic amines) is 1. The first-order valence-electron chi connectivity index (χ1n) is 10.4. The maximum Gasteiger partial charge on any atom is 0.219 e. The van der Waals surface area contributed by atoms with Crippen LogP contribution in [0.25, 0.3) is 0 Å². The Kier molecular flexibility index (Phi) is 7.34. The van der Waals surface area contributed by atoms with E-state index in [9.17, 15) is 14.3 Å². The van der Waals surface area contributed by atoms with Crippen molar-refractivity contribution in [2.75, 3.05) is 26.7 Å². The summed E-state index contributed by atoms with van der Waals surface area (Å²) in [5.74, 6) is -0.225. The Morgan fingerprint density at radius 3 is 2.55 bits per heavy atom. The van der Waals surface area contributed by atoms with Gasteiger partial charge in [-0.1, -0.05) is 18.2 Å². The van der Waals surface area contributed by atoms with E-state index in [1.165, 1.54) is 12.1 Å². The fourth-order valence-corrected chi connectivity index (χ4v) is 4.21. The molecule has 2 heterocycles. The molecule has 0 bridgehead atoms. The molecule has 0 spiro atoms. The molecule has 1 aliphatic rings. The molecule has 29 heavy (non-hydrogen) atoms. The molecular formula is C23H30FN3O2. The fourth-order valence-electron chi connectivity index (χ4n) is 4.21. The van der Waals surface area contributed by atoms with E-state index in [0.717, 1.165) is 45.3 Å². The molecule has 1 amide bonds. The van der Waals surface area contributed by atoms with Gasteiger partial charge in [-0.3, -0.25) is 9.78 Å². The number of amides is 1. The number of rotatable bonds is 8. The first-order chi connectivity index (χ1) is 14.0. The first-order valence-corrected chi connectivity index (χ1v) is 10.4. The van der Waals surface area contributed by atoms with E-state index < -0.39 is 5.60 Å². The average Bonchev–Trinajstić information content (AvgIpc) is 2.77. The molecule has 6 heteroatoms. The van der Waals surface area contributed by atoms with E-state index in [0.29, 0.717) is 17.7 Å². The van der Waals surface area contributed by atoms with Crippen LogP contribution in [0.5, 0.6) is 0 Å². The third kappa shape index (κ3) is 5.19. The molecule has 0 saturated carbocycles. The number of pyridine rings is 1. The summed E-state index contributed by atoms with van der Waals surface area (Å²) in [4.78, 5) is 18.2. The molecular weight excluding hydrogens is 369 g/mol. The average molecular weight is 400 g/mol. The largest absolute Gasteiger partial charge is 0.378 e. The zero-order chi connectivity index (χ0) is 20.7. The number of aromatic nitrogens is 1. The van der Waals surface area contributed by atoms with Gasteiger partial charge in [-0.25, -0.2) is 4.39 Å². The van der Waals surface area contributed by atoms with Gasteiger partial charge in [0.05, 0.1) is 5.69 Å². The molecule has 0 aliphatic carbocycles. The van der Waals surface area contributed by atoms with E-state index in [1.54, 1.807) is 25.4 Å². The number of unbranched alkanes of at least 4 members (excludes halogenated alkanes) is 1. The molecule has 0 radical (unpaired) electrons. The van der Waals surface area contributed by atoms with Crippen LogP contribution in [0.2, 0.25) is 0 Å². The Morgan fingerprint density at radius 1 is 1.21 bits per heavy atom. The van der Waals surface area contributed by atoms with Crippen molar-refractivity contribution in [3.05, 3.63) is 65.7 Å². The third-order valence-electron chi connectivity index (χ3n) is 5.93. The number of nitrogens with one attached hydrogen (secondary N) is 1. The predicted molar refractivity (Wildman–Crippen MR) is 111 cm³/mol. The zero-order valence-corrected chi connectivity index (χ0v) is 17.0. The molecule has 1 aliphatic heterocycles. The number of halogens is 1. The number of nitrogens with zero attached hydrogens (tertiary/aromatic N) is 2. The lowest BCUT2D eigenvalue weighted by atomic mass is 9.74. The van der Waals surface area contributed by atoms with Crippen molar-refractivity contribution in [2.24, 2.45) is 5.92 Å². The Morgan fingerprint density at radius 2 is 1.93 bits per heavy atom. The van der Waals surface area contributed by atoms with Crippen LogP contribution in [0, 0.1) is 11.7 Å². The van der Waals surface area contributed by atoms with Crippen LogP contribution in [0.15, 0.2) is 48.7 Å². The quantitative estimate of drug-likeness (QED) is 0.670. The number of piperidine rings is 1. The van der Waals surface area contributed by atoms with Crippen LogP contribution < -0.4 is 5.32 Å². The maximum atomic E-state index is 13.5. The van der Waals surface area contributed by atoms with Gasteiger partial charge in [0.15, 0.2) is 0 Å². The first kappa shape index (κ1) is 21.4. The van der Waals surface area contributed by atoms with Crippen molar-refractivity contribution < 1.29 is 14.3 Å². The van der Waals surface area contributed by atoms with Crippen molar-refractivity contribution >= 4 is 5.91 Å². The smallest absolute Gasteiger partial charge is 0.219 e. The Labute approximate surface area is 172 Å². The van der Waals surface area contributed by atoms with E-state index >= 15 is 0 Å². The summed E-state index contributed by atoms with van der Waals surface area (Å²) < 4.78 is 13.5. The molecule has 2 aromatic rings. The molecule has 1 unspecified atom stereocenters. The summed E-state index contributed by atoms with van der Waals surface area (Å²) in [6.45, 7) is 2.74. The molecule has 2 N–H and O–H groups in total. The van der Waals surface area contributed by atoms with Gasteiger partial charge in [-0.2, -0.15) is 0 Å². The maximum absolute atomic E-state index is 13.5. The van der Waals surface area contributed by atoms with Crippen molar-refractivity contribution in [1.29, 1.82) is 0 Å². The summed E-state index contributed by atoms with van der Waals surface area (Å²) in [5.41, 5.74) is 0.0533. The Bertz CT molecular complexity index is 776. The summed E-state index contributed by atoms with van der Waals surface area (Å²) in [6.07, 6.45) is 5.79. The minimum atomic E-state index is -1.24. The van der Waals surface area contributed by atoms with Gasteiger partial charge in [0.25, 0.3) is 0 Å². The topological polar surface area (TPSA) is 65.5 Å². The molecule has 156 valence electrons. The standard InChI is InChI=1S/C23H30FN3O2/c1-25-22(28)7-3-5-15-27-16-12-19(13-17-27)23(29,21-6-2-4-14-26-21)18-8-10-20(24)11-9-18/h2,4,6,8-11,14,19,29H,3,5,7,12-13,15-17H2,1H3,(H,25,28). The van der Waals surface area contributed by atoms with Gasteiger partial charge in [0, 0.05) is 25.6 Å². The summed E-state index contributed by atoms with van der Waals surface area (Å²) in [6, 6.07) is 11.7. The number of carbonyl (C=O) groups is 1. The zero-order valence-electron chi connectivity index (χ0n) is 17.0. The van der Waals surface area contributed by atoms with Crippen LogP contribution in [-0.4, -0.2) is 47.6 Å². The van der Waals surface area contributed by atoms with Crippen LogP contribution in [0.3, 0.4) is 0 Å². The third-order valence-corrected chi connectivity index (χ3v) is 5.93. The highest BCUT2D eigenvalue weighted by Gasteiger charge is 2.42. The Balaban J connectivity index is 1.66. The molecule has 1 aromatic carbocycles. The number of aliphatic hydroxyl groups is 1. The van der Waals surface area contributed by atoms with Crippen LogP contribution in [0.4, 0.5) is 4.39 Å². The van der Waals surface area contributed by atoms with Crippen molar-refractivity contribution in [1.82, 2.24) is 15.2 Å². The molecule has 1 atom stereocenters. The molecule has 1 saturated heterocycles. The second kappa shape index (κ2) is 9.94. The van der Waals surface area contributed by atoms with Crippen molar-refractivity contribution in [2.45, 2.75) is 37.7 Å². The van der Waals surface area contributed by atoms with Crippen LogP contribution in [0.1, 0.15) is 43.4 Å². The van der Waals surface area contributed by atoms with E-state index in [4.69, 9.17) is 0 Å². The van der Waals surface area contributed by atoms with Gasteiger partial charge >= 0.3 is 0 Å². The summed E-state index contributed by atoms with van der Waals surface area (Å²) in [5, 5.41) is 14.5. The van der Waals surface area contributed by atoms with Crippen LogP contribution in [-0.2, 0) is 10.4 Å². The highest BCUT2D eigenvalue weighted by atomic mass is 19.1. The number of carbonyl (C=O) groups excluding carboxylic acids is 1. The number of hydrogen-bond donors (Lipinski definition) is 2. The SMILES string of the molecule is CNC(=O)CCCCN1CCC(C(O)(c2ccc(F)cc2)c2ccccn2)CC1. The van der Waals surface area contributed by atoms with Crippen molar-refractivity contribution in [3.63, 3.8) is 0 Å². The number of hydrogen-bond acceptors (Lipinski definition) is 4. The monoisotopic (exact) mass is 399 g/mol. The minimum absolute atomic E-state index is 0.00461. The van der Waals surface area contributed by atoms with Gasteiger partial charge in [-0.15, -0.1) is 0 Å². The molecule has 1 aromatic heterocycles. The van der Waals surface area contributed by atoms with E-state index in [2.05, 4.69) is 15.2 Å². The van der Waals surface area contributed by atoms with Gasteiger partial charge < -0.3 is 15.3 Å². The highest BCUT2D eigenvalue weighted by molar-refractivity contribution is 5.75. The molecule has 5 nitrogen and oxygen atoms in total. The van der Waals surface area contributed by atoms with Crippen molar-refractivity contribution in [3.8, 4) is 0 Å². The second-order valence-corrected chi connectivity index (χ2v) is 7.73. The minimum Gasteiger partial charge on any atom is -0.378 e. The molecule has 1 fully saturated rings. The summed E-state index contributed by atoms with van der Waals surface area (Å²) in [7, 11) is 1.66. The lowest BCUT2D eigenvalue weighted by Gasteiger charge is -2.41. The van der Waals surface area contributed by atoms with Gasteiger partial charge in [0.1, 0.15) is 11.4 Å². The van der Waals surface area contributed by atoms with Crippen LogP contribution >= 0.6 is 0 Å². The Hall–Kier alpha value is -2.31. The van der Waals surface area contributed by atoms with Gasteiger partial charge in [-0.05, 0) is 75.1 Å². The fraction of sp³-hybridized carbons (Fsp3) is 0.478.